The number of hydrogen-bond acceptors (Lipinski definition) is 2. The summed E-state index contributed by atoms with van der Waals surface area (Å²) >= 11 is 0. The summed E-state index contributed by atoms with van der Waals surface area (Å²) in [5.41, 5.74) is 0. The van der Waals surface area contributed by atoms with Gasteiger partial charge in [0.1, 0.15) is 0 Å². The first kappa shape index (κ1) is 15.4. The predicted molar refractivity (Wildman–Crippen MR) is 69.4 cm³/mol. The number of nitrogens with one attached hydrogen (secondary N) is 2. The van der Waals surface area contributed by atoms with Gasteiger partial charge >= 0.3 is 0 Å². The van der Waals surface area contributed by atoms with Gasteiger partial charge in [-0.15, -0.1) is 0 Å². The van der Waals surface area contributed by atoms with Crippen molar-refractivity contribution >= 4 is 5.91 Å². The molecule has 0 fully saturated rings. The lowest BCUT2D eigenvalue weighted by Crippen LogP contribution is -2.43. The van der Waals surface area contributed by atoms with Crippen molar-refractivity contribution in [1.82, 2.24) is 10.6 Å². The van der Waals surface area contributed by atoms with E-state index in [0.717, 1.165) is 19.3 Å². The predicted octanol–water partition coefficient (Wildman–Crippen LogP) is 2.32. The Balaban J connectivity index is 3.72. The zero-order valence-corrected chi connectivity index (χ0v) is 11.5. The Kier molecular flexibility index (Phi) is 8.26. The summed E-state index contributed by atoms with van der Waals surface area (Å²) in [6.07, 6.45) is 3.30. The summed E-state index contributed by atoms with van der Waals surface area (Å²) in [5, 5.41) is 6.26. The number of hydrogen-bond donors (Lipinski definition) is 2. The Hall–Kier alpha value is -0.570. The highest BCUT2D eigenvalue weighted by molar-refractivity contribution is 5.78. The molecule has 0 saturated heterocycles. The van der Waals surface area contributed by atoms with Crippen molar-refractivity contribution in [2.24, 2.45) is 5.92 Å². The van der Waals surface area contributed by atoms with Gasteiger partial charge in [-0.3, -0.25) is 4.79 Å². The van der Waals surface area contributed by atoms with Gasteiger partial charge < -0.3 is 10.6 Å². The van der Waals surface area contributed by atoms with Crippen molar-refractivity contribution < 1.29 is 4.79 Å². The van der Waals surface area contributed by atoms with E-state index in [0.29, 0.717) is 24.5 Å². The molecule has 0 saturated carbocycles. The number of carbonyl (C=O) groups is 1. The third-order valence-corrected chi connectivity index (χ3v) is 3.21. The summed E-state index contributed by atoms with van der Waals surface area (Å²) < 4.78 is 0. The van der Waals surface area contributed by atoms with Crippen LogP contribution in [-0.4, -0.2) is 24.5 Å². The fraction of sp³-hybridized carbons (Fsp3) is 0.923. The third-order valence-electron chi connectivity index (χ3n) is 3.21. The van der Waals surface area contributed by atoms with Crippen molar-refractivity contribution in [2.75, 3.05) is 6.54 Å². The minimum absolute atomic E-state index is 0.108. The number of amides is 1. The second kappa shape index (κ2) is 8.57. The van der Waals surface area contributed by atoms with Gasteiger partial charge in [0.15, 0.2) is 0 Å². The van der Waals surface area contributed by atoms with E-state index in [9.17, 15) is 4.79 Å². The van der Waals surface area contributed by atoms with Crippen molar-refractivity contribution in [2.45, 2.75) is 66.0 Å². The van der Waals surface area contributed by atoms with Crippen LogP contribution >= 0.6 is 0 Å². The molecule has 0 aromatic carbocycles. The SMILES string of the molecule is CCCC(C)NC(=O)CNC(C)C(C)CC. The highest BCUT2D eigenvalue weighted by atomic mass is 16.1. The van der Waals surface area contributed by atoms with E-state index in [-0.39, 0.29) is 5.91 Å². The van der Waals surface area contributed by atoms with Crippen molar-refractivity contribution in [1.29, 1.82) is 0 Å². The molecule has 0 spiro atoms. The second-order valence-electron chi connectivity index (χ2n) is 4.81. The lowest BCUT2D eigenvalue weighted by molar-refractivity contribution is -0.121. The lowest BCUT2D eigenvalue weighted by Gasteiger charge is -2.20. The van der Waals surface area contributed by atoms with Crippen LogP contribution in [0.25, 0.3) is 0 Å². The van der Waals surface area contributed by atoms with Crippen LogP contribution in [0.1, 0.15) is 53.9 Å². The zero-order chi connectivity index (χ0) is 12.6. The normalized spacial score (nSPS) is 16.6. The van der Waals surface area contributed by atoms with Crippen molar-refractivity contribution in [3.63, 3.8) is 0 Å². The van der Waals surface area contributed by atoms with Crippen LogP contribution in [0.3, 0.4) is 0 Å². The van der Waals surface area contributed by atoms with Crippen molar-refractivity contribution in [3.05, 3.63) is 0 Å². The summed E-state index contributed by atoms with van der Waals surface area (Å²) in [4.78, 5) is 11.6. The maximum atomic E-state index is 11.6. The summed E-state index contributed by atoms with van der Waals surface area (Å²) in [5.74, 6) is 0.719. The van der Waals surface area contributed by atoms with Gasteiger partial charge in [0, 0.05) is 12.1 Å². The van der Waals surface area contributed by atoms with Gasteiger partial charge in [0.05, 0.1) is 6.54 Å². The number of rotatable bonds is 8. The largest absolute Gasteiger partial charge is 0.353 e. The molecular weight excluding hydrogens is 200 g/mol. The molecule has 0 aliphatic heterocycles. The molecule has 1 amide bonds. The summed E-state index contributed by atoms with van der Waals surface area (Å²) in [6.45, 7) is 11.1. The van der Waals surface area contributed by atoms with Crippen molar-refractivity contribution in [3.8, 4) is 0 Å². The van der Waals surface area contributed by atoms with Crippen LogP contribution in [0, 0.1) is 5.92 Å². The third kappa shape index (κ3) is 6.83. The maximum Gasteiger partial charge on any atom is 0.234 e. The van der Waals surface area contributed by atoms with Crippen LogP contribution in [0.2, 0.25) is 0 Å². The van der Waals surface area contributed by atoms with Gasteiger partial charge in [-0.05, 0) is 26.2 Å². The fourth-order valence-electron chi connectivity index (χ4n) is 1.64. The molecule has 3 atom stereocenters. The van der Waals surface area contributed by atoms with Gasteiger partial charge in [-0.1, -0.05) is 33.6 Å². The Morgan fingerprint density at radius 1 is 1.19 bits per heavy atom. The van der Waals surface area contributed by atoms with E-state index in [1.807, 2.05) is 0 Å². The van der Waals surface area contributed by atoms with E-state index >= 15 is 0 Å². The molecule has 3 unspecified atom stereocenters. The van der Waals surface area contributed by atoms with Crippen LogP contribution < -0.4 is 10.6 Å². The van der Waals surface area contributed by atoms with Crippen LogP contribution in [0.5, 0.6) is 0 Å². The van der Waals surface area contributed by atoms with Gasteiger partial charge in [0.25, 0.3) is 0 Å². The maximum absolute atomic E-state index is 11.6. The molecule has 96 valence electrons. The molecule has 2 N–H and O–H groups in total. The highest BCUT2D eigenvalue weighted by Crippen LogP contribution is 2.05. The van der Waals surface area contributed by atoms with Crippen LogP contribution in [-0.2, 0) is 4.79 Å². The smallest absolute Gasteiger partial charge is 0.234 e. The van der Waals surface area contributed by atoms with Gasteiger partial charge in [-0.2, -0.15) is 0 Å². The van der Waals surface area contributed by atoms with Crippen LogP contribution in [0.15, 0.2) is 0 Å². The Bertz CT molecular complexity index is 194. The lowest BCUT2D eigenvalue weighted by atomic mass is 10.0. The van der Waals surface area contributed by atoms with E-state index in [1.54, 1.807) is 0 Å². The molecule has 16 heavy (non-hydrogen) atoms. The molecule has 3 heteroatoms. The average Bonchev–Trinajstić information content (AvgIpc) is 2.24. The molecule has 0 aliphatic rings. The minimum atomic E-state index is 0.108. The molecular formula is C13H28N2O. The molecule has 0 bridgehead atoms. The first-order valence-corrected chi connectivity index (χ1v) is 6.53. The van der Waals surface area contributed by atoms with Gasteiger partial charge in [0.2, 0.25) is 5.91 Å². The number of carbonyl (C=O) groups excluding carboxylic acids is 1. The molecule has 0 radical (unpaired) electrons. The summed E-state index contributed by atoms with van der Waals surface area (Å²) in [6, 6.07) is 0.690. The Morgan fingerprint density at radius 3 is 2.31 bits per heavy atom. The molecule has 0 aromatic heterocycles. The molecule has 3 nitrogen and oxygen atoms in total. The molecule has 0 heterocycles. The van der Waals surface area contributed by atoms with Crippen LogP contribution in [0.4, 0.5) is 0 Å². The molecule has 0 aromatic rings. The highest BCUT2D eigenvalue weighted by Gasteiger charge is 2.12. The molecule has 0 aliphatic carbocycles. The second-order valence-corrected chi connectivity index (χ2v) is 4.81. The first-order chi connectivity index (χ1) is 7.51. The van der Waals surface area contributed by atoms with Gasteiger partial charge in [-0.25, -0.2) is 0 Å². The topological polar surface area (TPSA) is 41.1 Å². The monoisotopic (exact) mass is 228 g/mol. The van der Waals surface area contributed by atoms with E-state index < -0.39 is 0 Å². The standard InChI is InChI=1S/C13H28N2O/c1-6-8-11(4)15-13(16)9-14-12(5)10(3)7-2/h10-12,14H,6-9H2,1-5H3,(H,15,16). The minimum Gasteiger partial charge on any atom is -0.353 e. The first-order valence-electron chi connectivity index (χ1n) is 6.53. The summed E-state index contributed by atoms with van der Waals surface area (Å²) in [7, 11) is 0. The fourth-order valence-corrected chi connectivity index (χ4v) is 1.64. The van der Waals surface area contributed by atoms with E-state index in [2.05, 4.69) is 45.3 Å². The van der Waals surface area contributed by atoms with E-state index in [1.165, 1.54) is 0 Å². The Labute approximate surface area is 100 Å². The zero-order valence-electron chi connectivity index (χ0n) is 11.5. The molecule has 0 rings (SSSR count). The Morgan fingerprint density at radius 2 is 1.81 bits per heavy atom. The average molecular weight is 228 g/mol. The van der Waals surface area contributed by atoms with E-state index in [4.69, 9.17) is 0 Å². The quantitative estimate of drug-likeness (QED) is 0.669.